The molecule has 1 amide bonds. The molecule has 4 nitrogen and oxygen atoms in total. The number of rotatable bonds is 9. The highest BCUT2D eigenvalue weighted by Crippen LogP contribution is 2.09. The molecule has 2 rings (SSSR count). The Labute approximate surface area is 133 Å². The normalized spacial score (nSPS) is 15.5. The summed E-state index contributed by atoms with van der Waals surface area (Å²) in [5.41, 5.74) is 0. The average Bonchev–Trinajstić information content (AvgIpc) is 2.56. The number of hydrogen-bond donors (Lipinski definition) is 1. The Morgan fingerprint density at radius 3 is 2.64 bits per heavy atom. The Kier molecular flexibility index (Phi) is 7.81. The maximum Gasteiger partial charge on any atom is 0.223 e. The number of ether oxygens (including phenoxy) is 1. The zero-order chi connectivity index (χ0) is 15.5. The van der Waals surface area contributed by atoms with Crippen molar-refractivity contribution in [3.8, 4) is 5.75 Å². The molecule has 0 aromatic heterocycles. The van der Waals surface area contributed by atoms with E-state index in [4.69, 9.17) is 4.74 Å². The maximum atomic E-state index is 11.7. The molecule has 0 radical (unpaired) electrons. The summed E-state index contributed by atoms with van der Waals surface area (Å²) in [7, 11) is 0. The SMILES string of the molecule is O=C(CCOc1ccccc1)NCCCCN1CCCCC1. The molecule has 22 heavy (non-hydrogen) atoms. The van der Waals surface area contributed by atoms with Crippen LogP contribution >= 0.6 is 0 Å². The Morgan fingerprint density at radius 1 is 1.09 bits per heavy atom. The number of nitrogens with zero attached hydrogens (tertiary/aromatic N) is 1. The van der Waals surface area contributed by atoms with Gasteiger partial charge in [0.15, 0.2) is 0 Å². The minimum Gasteiger partial charge on any atom is -0.493 e. The molecular weight excluding hydrogens is 276 g/mol. The van der Waals surface area contributed by atoms with Gasteiger partial charge in [-0.2, -0.15) is 0 Å². The fourth-order valence-corrected chi connectivity index (χ4v) is 2.74. The number of nitrogens with one attached hydrogen (secondary N) is 1. The highest BCUT2D eigenvalue weighted by atomic mass is 16.5. The van der Waals surface area contributed by atoms with Gasteiger partial charge in [-0.1, -0.05) is 24.6 Å². The van der Waals surface area contributed by atoms with Crippen molar-refractivity contribution in [3.05, 3.63) is 30.3 Å². The standard InChI is InChI=1S/C18H28N2O2/c21-18(11-16-22-17-9-3-1-4-10-17)19-12-5-8-15-20-13-6-2-7-14-20/h1,3-4,9-10H,2,5-8,11-16H2,(H,19,21). The molecule has 1 aromatic carbocycles. The number of para-hydroxylation sites is 1. The quantitative estimate of drug-likeness (QED) is 0.713. The fraction of sp³-hybridized carbons (Fsp3) is 0.611. The minimum atomic E-state index is 0.0777. The maximum absolute atomic E-state index is 11.7. The predicted octanol–water partition coefficient (Wildman–Crippen LogP) is 2.84. The second kappa shape index (κ2) is 10.2. The van der Waals surface area contributed by atoms with Crippen LogP contribution in [0.5, 0.6) is 5.75 Å². The highest BCUT2D eigenvalue weighted by Gasteiger charge is 2.09. The number of unbranched alkanes of at least 4 members (excludes halogenated alkanes) is 1. The Balaban J connectivity index is 1.44. The van der Waals surface area contributed by atoms with Crippen LogP contribution in [0.1, 0.15) is 38.5 Å². The molecule has 0 bridgehead atoms. The Bertz CT molecular complexity index is 416. The van der Waals surface area contributed by atoms with Crippen LogP contribution in [0.25, 0.3) is 0 Å². The summed E-state index contributed by atoms with van der Waals surface area (Å²) in [4.78, 5) is 14.2. The lowest BCUT2D eigenvalue weighted by Crippen LogP contribution is -2.31. The van der Waals surface area contributed by atoms with Crippen LogP contribution in [0.15, 0.2) is 30.3 Å². The van der Waals surface area contributed by atoms with Crippen molar-refractivity contribution < 1.29 is 9.53 Å². The van der Waals surface area contributed by atoms with Gasteiger partial charge in [0, 0.05) is 6.54 Å². The second-order valence-corrected chi connectivity index (χ2v) is 5.87. The molecule has 1 aliphatic heterocycles. The van der Waals surface area contributed by atoms with Crippen LogP contribution in [-0.2, 0) is 4.79 Å². The third-order valence-corrected chi connectivity index (χ3v) is 4.01. The van der Waals surface area contributed by atoms with Crippen molar-refractivity contribution in [1.82, 2.24) is 10.2 Å². The number of benzene rings is 1. The van der Waals surface area contributed by atoms with Gasteiger partial charge < -0.3 is 15.0 Å². The second-order valence-electron chi connectivity index (χ2n) is 5.87. The van der Waals surface area contributed by atoms with Gasteiger partial charge in [0.05, 0.1) is 13.0 Å². The molecule has 1 N–H and O–H groups in total. The van der Waals surface area contributed by atoms with Crippen LogP contribution < -0.4 is 10.1 Å². The molecule has 0 saturated carbocycles. The van der Waals surface area contributed by atoms with E-state index in [1.165, 1.54) is 45.3 Å². The average molecular weight is 304 g/mol. The number of amides is 1. The minimum absolute atomic E-state index is 0.0777. The summed E-state index contributed by atoms with van der Waals surface area (Å²) < 4.78 is 5.52. The summed E-state index contributed by atoms with van der Waals surface area (Å²) >= 11 is 0. The van der Waals surface area contributed by atoms with E-state index in [1.54, 1.807) is 0 Å². The topological polar surface area (TPSA) is 41.6 Å². The van der Waals surface area contributed by atoms with Gasteiger partial charge in [0.25, 0.3) is 0 Å². The lowest BCUT2D eigenvalue weighted by Gasteiger charge is -2.26. The van der Waals surface area contributed by atoms with Crippen molar-refractivity contribution in [2.75, 3.05) is 32.8 Å². The number of piperidine rings is 1. The van der Waals surface area contributed by atoms with Crippen molar-refractivity contribution in [2.45, 2.75) is 38.5 Å². The van der Waals surface area contributed by atoms with E-state index < -0.39 is 0 Å². The number of carbonyl (C=O) groups is 1. The summed E-state index contributed by atoms with van der Waals surface area (Å²) in [5.74, 6) is 0.894. The van der Waals surface area contributed by atoms with Gasteiger partial charge in [-0.05, 0) is 57.5 Å². The summed E-state index contributed by atoms with van der Waals surface area (Å²) in [6.07, 6.45) is 6.72. The summed E-state index contributed by atoms with van der Waals surface area (Å²) in [5, 5.41) is 2.97. The van der Waals surface area contributed by atoms with Crippen LogP contribution in [0.2, 0.25) is 0 Å². The zero-order valence-corrected chi connectivity index (χ0v) is 13.4. The molecule has 1 aromatic rings. The number of hydrogen-bond acceptors (Lipinski definition) is 3. The Morgan fingerprint density at radius 2 is 1.86 bits per heavy atom. The highest BCUT2D eigenvalue weighted by molar-refractivity contribution is 5.75. The monoisotopic (exact) mass is 304 g/mol. The molecule has 1 fully saturated rings. The first-order valence-electron chi connectivity index (χ1n) is 8.51. The summed E-state index contributed by atoms with van der Waals surface area (Å²) in [6, 6.07) is 9.61. The van der Waals surface area contributed by atoms with Gasteiger partial charge in [0.2, 0.25) is 5.91 Å². The van der Waals surface area contributed by atoms with Gasteiger partial charge in [-0.3, -0.25) is 4.79 Å². The molecule has 0 spiro atoms. The Hall–Kier alpha value is -1.55. The molecule has 0 aliphatic carbocycles. The van der Waals surface area contributed by atoms with E-state index in [0.717, 1.165) is 18.7 Å². The van der Waals surface area contributed by atoms with Crippen molar-refractivity contribution in [3.63, 3.8) is 0 Å². The predicted molar refractivity (Wildman–Crippen MR) is 89.1 cm³/mol. The first kappa shape index (κ1) is 16.8. The molecular formula is C18H28N2O2. The van der Waals surface area contributed by atoms with Gasteiger partial charge in [-0.25, -0.2) is 0 Å². The van der Waals surface area contributed by atoms with Crippen LogP contribution in [0, 0.1) is 0 Å². The van der Waals surface area contributed by atoms with Crippen LogP contribution in [0.3, 0.4) is 0 Å². The van der Waals surface area contributed by atoms with Gasteiger partial charge in [-0.15, -0.1) is 0 Å². The lowest BCUT2D eigenvalue weighted by atomic mass is 10.1. The van der Waals surface area contributed by atoms with E-state index in [1.807, 2.05) is 30.3 Å². The zero-order valence-electron chi connectivity index (χ0n) is 13.4. The molecule has 4 heteroatoms. The first-order chi connectivity index (χ1) is 10.8. The molecule has 122 valence electrons. The molecule has 0 unspecified atom stereocenters. The van der Waals surface area contributed by atoms with E-state index in [-0.39, 0.29) is 5.91 Å². The fourth-order valence-electron chi connectivity index (χ4n) is 2.74. The van der Waals surface area contributed by atoms with Crippen molar-refractivity contribution in [1.29, 1.82) is 0 Å². The van der Waals surface area contributed by atoms with E-state index >= 15 is 0 Å². The first-order valence-corrected chi connectivity index (χ1v) is 8.51. The third-order valence-electron chi connectivity index (χ3n) is 4.01. The summed E-state index contributed by atoms with van der Waals surface area (Å²) in [6.45, 7) is 4.89. The van der Waals surface area contributed by atoms with Crippen molar-refractivity contribution >= 4 is 5.91 Å². The van der Waals surface area contributed by atoms with Gasteiger partial charge >= 0.3 is 0 Å². The number of likely N-dealkylation sites (tertiary alicyclic amines) is 1. The van der Waals surface area contributed by atoms with Crippen LogP contribution in [0.4, 0.5) is 0 Å². The molecule has 1 saturated heterocycles. The largest absolute Gasteiger partial charge is 0.493 e. The smallest absolute Gasteiger partial charge is 0.223 e. The molecule has 1 aliphatic rings. The van der Waals surface area contributed by atoms with Gasteiger partial charge in [0.1, 0.15) is 5.75 Å². The van der Waals surface area contributed by atoms with E-state index in [9.17, 15) is 4.79 Å². The number of carbonyl (C=O) groups excluding carboxylic acids is 1. The van der Waals surface area contributed by atoms with Crippen LogP contribution in [-0.4, -0.2) is 43.6 Å². The lowest BCUT2D eigenvalue weighted by molar-refractivity contribution is -0.121. The third kappa shape index (κ3) is 6.94. The molecule has 0 atom stereocenters. The van der Waals surface area contributed by atoms with E-state index in [2.05, 4.69) is 10.2 Å². The molecule has 1 heterocycles. The van der Waals surface area contributed by atoms with E-state index in [0.29, 0.717) is 13.0 Å². The van der Waals surface area contributed by atoms with Crippen molar-refractivity contribution in [2.24, 2.45) is 0 Å².